The van der Waals surface area contributed by atoms with Crippen LogP contribution in [0.3, 0.4) is 0 Å². The number of benzene rings is 1. The van der Waals surface area contributed by atoms with Crippen molar-refractivity contribution in [2.75, 3.05) is 11.9 Å². The molecule has 0 radical (unpaired) electrons. The van der Waals surface area contributed by atoms with Crippen molar-refractivity contribution in [3.8, 4) is 0 Å². The minimum Gasteiger partial charge on any atom is -0.497 e. The molecule has 0 heterocycles. The number of allylic oxidation sites excluding steroid dienone is 2. The highest BCUT2D eigenvalue weighted by molar-refractivity contribution is 8.02. The van der Waals surface area contributed by atoms with E-state index in [9.17, 15) is 4.79 Å². The maximum absolute atomic E-state index is 12.7. The van der Waals surface area contributed by atoms with Crippen LogP contribution < -0.4 is 10.0 Å². The Labute approximate surface area is 192 Å². The zero-order chi connectivity index (χ0) is 22.8. The SMILES string of the molecule is CCCc1c(C)cc2c(c1NC(=O)NS/C(C=N)=C(/C)OCCCC(C)CC)CCC2. The van der Waals surface area contributed by atoms with E-state index in [4.69, 9.17) is 10.1 Å². The minimum atomic E-state index is -0.258. The van der Waals surface area contributed by atoms with Crippen molar-refractivity contribution in [1.29, 1.82) is 5.41 Å². The molecule has 6 heteroatoms. The Kier molecular flexibility index (Phi) is 10.4. The van der Waals surface area contributed by atoms with Crippen LogP contribution >= 0.6 is 11.9 Å². The second-order valence-corrected chi connectivity index (χ2v) is 9.36. The number of aryl methyl sites for hydroxylation is 2. The number of amides is 2. The van der Waals surface area contributed by atoms with Crippen LogP contribution in [0, 0.1) is 18.3 Å². The summed E-state index contributed by atoms with van der Waals surface area (Å²) in [6.07, 6.45) is 9.79. The number of fused-ring (bicyclic) bond motifs is 1. The highest BCUT2D eigenvalue weighted by atomic mass is 32.2. The van der Waals surface area contributed by atoms with Gasteiger partial charge in [-0.05, 0) is 92.5 Å². The van der Waals surface area contributed by atoms with Gasteiger partial charge in [-0.15, -0.1) is 0 Å². The molecule has 0 aliphatic heterocycles. The maximum atomic E-state index is 12.7. The Balaban J connectivity index is 1.98. The number of urea groups is 1. The molecule has 5 nitrogen and oxygen atoms in total. The lowest BCUT2D eigenvalue weighted by Gasteiger charge is -2.18. The van der Waals surface area contributed by atoms with E-state index in [0.29, 0.717) is 23.2 Å². The minimum absolute atomic E-state index is 0.258. The van der Waals surface area contributed by atoms with E-state index in [2.05, 4.69) is 43.8 Å². The van der Waals surface area contributed by atoms with Gasteiger partial charge >= 0.3 is 6.03 Å². The Morgan fingerprint density at radius 1 is 1.35 bits per heavy atom. The molecule has 0 aromatic heterocycles. The molecule has 172 valence electrons. The van der Waals surface area contributed by atoms with Gasteiger partial charge in [0.15, 0.2) is 0 Å². The third-order valence-electron chi connectivity index (χ3n) is 6.06. The standard InChI is InChI=1S/C25H39N3O2S/c1-6-10-21-18(4)15-20-12-8-13-22(20)24(21)27-25(29)28-31-23(16-26)19(5)30-14-9-11-17(3)7-2/h15-17,26H,6-14H2,1-5H3,(H2,27,28,29)/b23-19-,26-16?. The third-order valence-corrected chi connectivity index (χ3v) is 6.97. The van der Waals surface area contributed by atoms with Gasteiger partial charge in [0.05, 0.1) is 11.5 Å². The molecule has 3 N–H and O–H groups in total. The van der Waals surface area contributed by atoms with E-state index in [1.165, 1.54) is 34.9 Å². The molecule has 1 aliphatic carbocycles. The Morgan fingerprint density at radius 2 is 2.13 bits per heavy atom. The largest absolute Gasteiger partial charge is 0.497 e. The van der Waals surface area contributed by atoms with Crippen LogP contribution in [-0.4, -0.2) is 18.9 Å². The van der Waals surface area contributed by atoms with Crippen LogP contribution in [0.25, 0.3) is 0 Å². The number of rotatable bonds is 12. The van der Waals surface area contributed by atoms with Gasteiger partial charge in [-0.25, -0.2) is 4.79 Å². The molecule has 0 bridgehead atoms. The average Bonchev–Trinajstić information content (AvgIpc) is 3.22. The Hall–Kier alpha value is -1.95. The molecular formula is C25H39N3O2S. The van der Waals surface area contributed by atoms with Crippen molar-refractivity contribution in [3.05, 3.63) is 39.0 Å². The molecule has 2 amide bonds. The van der Waals surface area contributed by atoms with Crippen LogP contribution in [0.4, 0.5) is 10.5 Å². The molecule has 31 heavy (non-hydrogen) atoms. The van der Waals surface area contributed by atoms with Gasteiger partial charge in [-0.1, -0.05) is 39.7 Å². The normalized spacial score (nSPS) is 14.5. The van der Waals surface area contributed by atoms with Gasteiger partial charge in [0.25, 0.3) is 0 Å². The Bertz CT molecular complexity index is 804. The molecule has 0 saturated carbocycles. The fourth-order valence-corrected chi connectivity index (χ4v) is 4.55. The van der Waals surface area contributed by atoms with Gasteiger partial charge in [0.2, 0.25) is 0 Å². The molecule has 1 unspecified atom stereocenters. The number of nitrogens with one attached hydrogen (secondary N) is 3. The summed E-state index contributed by atoms with van der Waals surface area (Å²) in [5, 5.41) is 10.8. The number of anilines is 1. The summed E-state index contributed by atoms with van der Waals surface area (Å²) < 4.78 is 8.64. The molecular weight excluding hydrogens is 406 g/mol. The first-order valence-corrected chi connectivity index (χ1v) is 12.4. The summed E-state index contributed by atoms with van der Waals surface area (Å²) >= 11 is 1.13. The van der Waals surface area contributed by atoms with Gasteiger partial charge in [0.1, 0.15) is 5.76 Å². The lowest BCUT2D eigenvalue weighted by molar-refractivity contribution is 0.202. The van der Waals surface area contributed by atoms with Crippen LogP contribution in [0.2, 0.25) is 0 Å². The lowest BCUT2D eigenvalue weighted by atomic mass is 9.95. The lowest BCUT2D eigenvalue weighted by Crippen LogP contribution is -2.25. The van der Waals surface area contributed by atoms with E-state index < -0.39 is 0 Å². The molecule has 2 rings (SSSR count). The number of carbonyl (C=O) groups excluding carboxylic acids is 1. The fraction of sp³-hybridized carbons (Fsp3) is 0.600. The summed E-state index contributed by atoms with van der Waals surface area (Å²) in [5.41, 5.74) is 6.14. The van der Waals surface area contributed by atoms with Crippen LogP contribution in [0.1, 0.15) is 82.1 Å². The van der Waals surface area contributed by atoms with Crippen molar-refractivity contribution < 1.29 is 9.53 Å². The van der Waals surface area contributed by atoms with E-state index in [1.54, 1.807) is 0 Å². The Morgan fingerprint density at radius 3 is 2.81 bits per heavy atom. The summed E-state index contributed by atoms with van der Waals surface area (Å²) in [7, 11) is 0. The highest BCUT2D eigenvalue weighted by Crippen LogP contribution is 2.35. The van der Waals surface area contributed by atoms with Crippen molar-refractivity contribution in [3.63, 3.8) is 0 Å². The van der Waals surface area contributed by atoms with Gasteiger partial charge < -0.3 is 15.5 Å². The van der Waals surface area contributed by atoms with Crippen LogP contribution in [0.15, 0.2) is 16.7 Å². The van der Waals surface area contributed by atoms with E-state index in [1.807, 2.05) is 6.92 Å². The van der Waals surface area contributed by atoms with Crippen LogP contribution in [0.5, 0.6) is 0 Å². The highest BCUT2D eigenvalue weighted by Gasteiger charge is 2.21. The quantitative estimate of drug-likeness (QED) is 0.141. The summed E-state index contributed by atoms with van der Waals surface area (Å²) in [6, 6.07) is 2.04. The fourth-order valence-electron chi connectivity index (χ4n) is 4.04. The molecule has 1 aromatic carbocycles. The molecule has 1 atom stereocenters. The first-order chi connectivity index (χ1) is 14.9. The number of hydrogen-bond acceptors (Lipinski definition) is 4. The average molecular weight is 446 g/mol. The first-order valence-electron chi connectivity index (χ1n) is 11.6. The zero-order valence-electron chi connectivity index (χ0n) is 19.8. The second kappa shape index (κ2) is 12.8. The topological polar surface area (TPSA) is 74.2 Å². The third kappa shape index (κ3) is 7.30. The van der Waals surface area contributed by atoms with Crippen molar-refractivity contribution in [2.45, 2.75) is 86.0 Å². The monoisotopic (exact) mass is 445 g/mol. The van der Waals surface area contributed by atoms with E-state index >= 15 is 0 Å². The predicted octanol–water partition coefficient (Wildman–Crippen LogP) is 6.93. The molecule has 0 saturated heterocycles. The first kappa shape index (κ1) is 25.3. The summed E-state index contributed by atoms with van der Waals surface area (Å²) in [6.45, 7) is 11.2. The van der Waals surface area contributed by atoms with E-state index in [0.717, 1.165) is 62.6 Å². The van der Waals surface area contributed by atoms with Gasteiger partial charge in [-0.3, -0.25) is 4.72 Å². The summed E-state index contributed by atoms with van der Waals surface area (Å²) in [4.78, 5) is 13.3. The van der Waals surface area contributed by atoms with Crippen LogP contribution in [-0.2, 0) is 24.0 Å². The van der Waals surface area contributed by atoms with E-state index in [-0.39, 0.29) is 6.03 Å². The van der Waals surface area contributed by atoms with Crippen molar-refractivity contribution in [2.24, 2.45) is 5.92 Å². The van der Waals surface area contributed by atoms with Crippen molar-refractivity contribution in [1.82, 2.24) is 4.72 Å². The molecule has 0 spiro atoms. The molecule has 1 aromatic rings. The second-order valence-electron chi connectivity index (χ2n) is 8.52. The summed E-state index contributed by atoms with van der Waals surface area (Å²) in [5.74, 6) is 1.38. The zero-order valence-corrected chi connectivity index (χ0v) is 20.6. The predicted molar refractivity (Wildman–Crippen MR) is 133 cm³/mol. The van der Waals surface area contributed by atoms with Gasteiger partial charge in [-0.2, -0.15) is 0 Å². The smallest absolute Gasteiger partial charge is 0.329 e. The maximum Gasteiger partial charge on any atom is 0.329 e. The number of ether oxygens (including phenoxy) is 1. The van der Waals surface area contributed by atoms with Gasteiger partial charge in [0, 0.05) is 11.9 Å². The molecule has 1 aliphatic rings. The molecule has 0 fully saturated rings. The van der Waals surface area contributed by atoms with Crippen molar-refractivity contribution >= 4 is 29.9 Å². The number of carbonyl (C=O) groups is 1. The number of hydrogen-bond donors (Lipinski definition) is 3.